The van der Waals surface area contributed by atoms with E-state index in [0.717, 1.165) is 12.0 Å². The van der Waals surface area contributed by atoms with E-state index in [1.165, 1.54) is 5.56 Å². The van der Waals surface area contributed by atoms with Crippen LogP contribution in [0.2, 0.25) is 0 Å². The van der Waals surface area contributed by atoms with Crippen molar-refractivity contribution in [3.05, 3.63) is 102 Å². The number of rotatable bonds is 6. The van der Waals surface area contributed by atoms with Gasteiger partial charge in [0, 0.05) is 32.3 Å². The molecule has 1 aromatic heterocycles. The summed E-state index contributed by atoms with van der Waals surface area (Å²) >= 11 is 0. The van der Waals surface area contributed by atoms with Gasteiger partial charge in [-0.15, -0.1) is 0 Å². The van der Waals surface area contributed by atoms with E-state index in [0.29, 0.717) is 25.1 Å². The average molecular weight is 399 g/mol. The smallest absolute Gasteiger partial charge is 0.253 e. The molecule has 0 bridgehead atoms. The van der Waals surface area contributed by atoms with Crippen molar-refractivity contribution in [2.75, 3.05) is 13.1 Å². The second-order valence-corrected chi connectivity index (χ2v) is 7.60. The highest BCUT2D eigenvalue weighted by molar-refractivity contribution is 5.89. The van der Waals surface area contributed by atoms with Crippen molar-refractivity contribution < 1.29 is 9.59 Å². The van der Waals surface area contributed by atoms with Crippen molar-refractivity contribution in [1.82, 2.24) is 9.47 Å². The topological polar surface area (TPSA) is 54.7 Å². The molecule has 1 aliphatic rings. The highest BCUT2D eigenvalue weighted by atomic mass is 16.2. The number of carbonyl (C=O) groups is 2. The van der Waals surface area contributed by atoms with E-state index in [9.17, 15) is 9.59 Å². The summed E-state index contributed by atoms with van der Waals surface area (Å²) in [5.41, 5.74) is 2.94. The van der Waals surface area contributed by atoms with Gasteiger partial charge in [-0.25, -0.2) is 0 Å². The van der Waals surface area contributed by atoms with E-state index >= 15 is 0 Å². The Kier molecular flexibility index (Phi) is 6.18. The molecule has 2 amide bonds. The number of nitrogens with zero attached hydrogens (tertiary/aromatic N) is 3. The van der Waals surface area contributed by atoms with E-state index in [2.05, 4.69) is 17.1 Å². The minimum Gasteiger partial charge on any atom is -0.342 e. The fourth-order valence-electron chi connectivity index (χ4n) is 3.75. The monoisotopic (exact) mass is 399 g/mol. The van der Waals surface area contributed by atoms with Crippen LogP contribution in [-0.4, -0.2) is 34.4 Å². The molecule has 1 saturated heterocycles. The molecule has 0 N–H and O–H groups in total. The molecule has 5 nitrogen and oxygen atoms in total. The van der Waals surface area contributed by atoms with Crippen LogP contribution >= 0.6 is 0 Å². The number of carbonyl (C=O) groups excluding carboxylic acids is 2. The Bertz CT molecular complexity index is 1070. The van der Waals surface area contributed by atoms with Gasteiger partial charge in [-0.1, -0.05) is 66.7 Å². The van der Waals surface area contributed by atoms with Gasteiger partial charge in [-0.05, 0) is 29.7 Å². The first-order valence-electron chi connectivity index (χ1n) is 10.3. The number of benzene rings is 2. The Balaban J connectivity index is 1.44. The first-order valence-corrected chi connectivity index (χ1v) is 10.3. The van der Waals surface area contributed by atoms with Gasteiger partial charge < -0.3 is 9.47 Å². The molecule has 2 aromatic carbocycles. The molecule has 1 aliphatic heterocycles. The Morgan fingerprint density at radius 2 is 1.57 bits per heavy atom. The molecule has 0 spiro atoms. The second kappa shape index (κ2) is 9.35. The van der Waals surface area contributed by atoms with Crippen LogP contribution in [0.1, 0.15) is 17.5 Å². The van der Waals surface area contributed by atoms with Gasteiger partial charge in [-0.2, -0.15) is 4.99 Å². The molecular formula is C25H25N3O2. The van der Waals surface area contributed by atoms with Crippen LogP contribution in [0.3, 0.4) is 0 Å². The third-order valence-electron chi connectivity index (χ3n) is 5.41. The van der Waals surface area contributed by atoms with E-state index in [-0.39, 0.29) is 24.2 Å². The zero-order chi connectivity index (χ0) is 20.8. The lowest BCUT2D eigenvalue weighted by atomic mass is 10.1. The number of likely N-dealkylation sites (tertiary alicyclic amines) is 1. The standard InChI is InChI=1S/C25H25N3O2/c29-24-17-22(19-28(24)16-14-20-9-3-1-4-10-20)25(30)26-23-13-7-8-15-27(23)18-21-11-5-2-6-12-21/h1-13,15,22H,14,16-19H2. The summed E-state index contributed by atoms with van der Waals surface area (Å²) in [5.74, 6) is -0.568. The van der Waals surface area contributed by atoms with Crippen molar-refractivity contribution in [1.29, 1.82) is 0 Å². The maximum atomic E-state index is 12.8. The Labute approximate surface area is 176 Å². The zero-order valence-corrected chi connectivity index (χ0v) is 16.9. The summed E-state index contributed by atoms with van der Waals surface area (Å²) in [4.78, 5) is 31.4. The molecule has 0 radical (unpaired) electrons. The van der Waals surface area contributed by atoms with E-state index < -0.39 is 0 Å². The predicted octanol–water partition coefficient (Wildman–Crippen LogP) is 3.05. The number of amides is 2. The lowest BCUT2D eigenvalue weighted by Crippen LogP contribution is -2.29. The van der Waals surface area contributed by atoms with Gasteiger partial charge in [0.05, 0.1) is 5.92 Å². The first-order chi connectivity index (χ1) is 14.7. The molecule has 0 saturated carbocycles. The molecule has 5 heteroatoms. The SMILES string of the molecule is O=C(N=c1ccccn1Cc1ccccc1)C1CC(=O)N(CCc2ccccc2)C1. The highest BCUT2D eigenvalue weighted by Crippen LogP contribution is 2.19. The molecule has 152 valence electrons. The van der Waals surface area contributed by atoms with Crippen LogP contribution in [-0.2, 0) is 22.6 Å². The molecule has 1 unspecified atom stereocenters. The lowest BCUT2D eigenvalue weighted by Gasteiger charge is -2.16. The van der Waals surface area contributed by atoms with Gasteiger partial charge in [0.25, 0.3) is 5.91 Å². The third kappa shape index (κ3) is 4.92. The van der Waals surface area contributed by atoms with Crippen molar-refractivity contribution in [3.63, 3.8) is 0 Å². The normalized spacial score (nSPS) is 16.8. The highest BCUT2D eigenvalue weighted by Gasteiger charge is 2.33. The number of hydrogen-bond donors (Lipinski definition) is 0. The average Bonchev–Trinajstić information content (AvgIpc) is 3.16. The number of hydrogen-bond acceptors (Lipinski definition) is 2. The third-order valence-corrected chi connectivity index (χ3v) is 5.41. The molecule has 1 fully saturated rings. The fraction of sp³-hybridized carbons (Fsp3) is 0.240. The molecule has 1 atom stereocenters. The van der Waals surface area contributed by atoms with Crippen LogP contribution < -0.4 is 5.49 Å². The van der Waals surface area contributed by atoms with Crippen molar-refractivity contribution in [2.24, 2.45) is 10.9 Å². The van der Waals surface area contributed by atoms with Crippen LogP contribution in [0.15, 0.2) is 90.1 Å². The quantitative estimate of drug-likeness (QED) is 0.640. The van der Waals surface area contributed by atoms with E-state index in [1.807, 2.05) is 77.5 Å². The number of pyridine rings is 1. The predicted molar refractivity (Wildman–Crippen MR) is 115 cm³/mol. The van der Waals surface area contributed by atoms with Gasteiger partial charge in [0.2, 0.25) is 5.91 Å². The summed E-state index contributed by atoms with van der Waals surface area (Å²) in [6.45, 7) is 1.71. The molecule has 30 heavy (non-hydrogen) atoms. The largest absolute Gasteiger partial charge is 0.342 e. The Morgan fingerprint density at radius 1 is 0.900 bits per heavy atom. The lowest BCUT2D eigenvalue weighted by molar-refractivity contribution is -0.128. The summed E-state index contributed by atoms with van der Waals surface area (Å²) < 4.78 is 1.96. The van der Waals surface area contributed by atoms with Crippen LogP contribution in [0.25, 0.3) is 0 Å². The maximum Gasteiger partial charge on any atom is 0.253 e. The summed E-state index contributed by atoms with van der Waals surface area (Å²) in [7, 11) is 0. The van der Waals surface area contributed by atoms with Gasteiger partial charge in [0.15, 0.2) is 0 Å². The van der Waals surface area contributed by atoms with E-state index in [4.69, 9.17) is 0 Å². The number of aromatic nitrogens is 1. The molecule has 4 rings (SSSR count). The fourth-order valence-corrected chi connectivity index (χ4v) is 3.75. The summed E-state index contributed by atoms with van der Waals surface area (Å²) in [6, 6.07) is 25.8. The van der Waals surface area contributed by atoms with Crippen molar-refractivity contribution >= 4 is 11.8 Å². The van der Waals surface area contributed by atoms with Gasteiger partial charge in [0.1, 0.15) is 5.49 Å². The molecule has 0 aliphatic carbocycles. The first kappa shape index (κ1) is 19.8. The van der Waals surface area contributed by atoms with Gasteiger partial charge in [-0.3, -0.25) is 9.59 Å². The second-order valence-electron chi connectivity index (χ2n) is 7.60. The Morgan fingerprint density at radius 3 is 2.30 bits per heavy atom. The molecular weight excluding hydrogens is 374 g/mol. The minimum absolute atomic E-state index is 0.0321. The van der Waals surface area contributed by atoms with Gasteiger partial charge >= 0.3 is 0 Å². The van der Waals surface area contributed by atoms with Crippen molar-refractivity contribution in [3.8, 4) is 0 Å². The van der Waals surface area contributed by atoms with Crippen LogP contribution in [0, 0.1) is 5.92 Å². The summed E-state index contributed by atoms with van der Waals surface area (Å²) in [6.07, 6.45) is 2.95. The Hall–Kier alpha value is -3.47. The zero-order valence-electron chi connectivity index (χ0n) is 16.9. The van der Waals surface area contributed by atoms with Crippen LogP contribution in [0.4, 0.5) is 0 Å². The summed E-state index contributed by atoms with van der Waals surface area (Å²) in [5, 5.41) is 0. The van der Waals surface area contributed by atoms with E-state index in [1.54, 1.807) is 4.90 Å². The van der Waals surface area contributed by atoms with Crippen molar-refractivity contribution in [2.45, 2.75) is 19.4 Å². The minimum atomic E-state index is -0.376. The maximum absolute atomic E-state index is 12.8. The van der Waals surface area contributed by atoms with Crippen LogP contribution in [0.5, 0.6) is 0 Å². The molecule has 3 aromatic rings. The molecule has 2 heterocycles.